The van der Waals surface area contributed by atoms with Gasteiger partial charge in [0.15, 0.2) is 5.65 Å². The van der Waals surface area contributed by atoms with Gasteiger partial charge in [0.1, 0.15) is 5.82 Å². The highest BCUT2D eigenvalue weighted by Crippen LogP contribution is 2.17. The number of rotatable bonds is 5. The van der Waals surface area contributed by atoms with E-state index >= 15 is 0 Å². The molecule has 7 nitrogen and oxygen atoms in total. The third-order valence-electron chi connectivity index (χ3n) is 4.24. The molecule has 0 saturated carbocycles. The Morgan fingerprint density at radius 3 is 2.62 bits per heavy atom. The second-order valence-electron chi connectivity index (χ2n) is 5.85. The third-order valence-corrected chi connectivity index (χ3v) is 4.24. The first-order chi connectivity index (χ1) is 11.4. The molecule has 0 bridgehead atoms. The zero-order valence-corrected chi connectivity index (χ0v) is 14.1. The Kier molecular flexibility index (Phi) is 5.22. The van der Waals surface area contributed by atoms with Crippen LogP contribution in [-0.4, -0.2) is 43.2 Å². The molecule has 1 aliphatic rings. The zero-order chi connectivity index (χ0) is 15.5. The van der Waals surface area contributed by atoms with Crippen molar-refractivity contribution >= 4 is 23.9 Å². The SMILES string of the molecule is Cl.c1ccc(CN2CCCC2)c(CNc2ccc3nnnn3n2)c1. The molecule has 126 valence electrons. The lowest BCUT2D eigenvalue weighted by atomic mass is 10.1. The second-order valence-corrected chi connectivity index (χ2v) is 5.85. The lowest BCUT2D eigenvalue weighted by Crippen LogP contribution is -2.19. The quantitative estimate of drug-likeness (QED) is 0.764. The first kappa shape index (κ1) is 16.6. The number of aromatic nitrogens is 5. The van der Waals surface area contributed by atoms with Gasteiger partial charge in [0.05, 0.1) is 0 Å². The van der Waals surface area contributed by atoms with Crippen LogP contribution < -0.4 is 5.32 Å². The Morgan fingerprint density at radius 1 is 1.00 bits per heavy atom. The van der Waals surface area contributed by atoms with E-state index in [9.17, 15) is 0 Å². The van der Waals surface area contributed by atoms with Gasteiger partial charge in [-0.2, -0.15) is 0 Å². The van der Waals surface area contributed by atoms with Crippen LogP contribution in [0.3, 0.4) is 0 Å². The van der Waals surface area contributed by atoms with E-state index < -0.39 is 0 Å². The average Bonchev–Trinajstić information content (AvgIpc) is 3.25. The maximum absolute atomic E-state index is 4.34. The van der Waals surface area contributed by atoms with Crippen molar-refractivity contribution in [3.8, 4) is 0 Å². The summed E-state index contributed by atoms with van der Waals surface area (Å²) >= 11 is 0. The van der Waals surface area contributed by atoms with Crippen LogP contribution in [-0.2, 0) is 13.1 Å². The minimum atomic E-state index is 0. The molecule has 1 aromatic carbocycles. The Hall–Kier alpha value is -2.25. The number of nitrogens with zero attached hydrogens (tertiary/aromatic N) is 6. The van der Waals surface area contributed by atoms with E-state index in [4.69, 9.17) is 0 Å². The Balaban J connectivity index is 0.00000169. The highest BCUT2D eigenvalue weighted by molar-refractivity contribution is 5.85. The highest BCUT2D eigenvalue weighted by Gasteiger charge is 2.13. The van der Waals surface area contributed by atoms with E-state index in [1.54, 1.807) is 0 Å². The fourth-order valence-corrected chi connectivity index (χ4v) is 3.00. The number of anilines is 1. The molecule has 0 amide bonds. The maximum Gasteiger partial charge on any atom is 0.200 e. The van der Waals surface area contributed by atoms with Crippen LogP contribution in [0, 0.1) is 0 Å². The summed E-state index contributed by atoms with van der Waals surface area (Å²) in [6.07, 6.45) is 2.63. The Labute approximate surface area is 146 Å². The molecule has 1 aliphatic heterocycles. The van der Waals surface area contributed by atoms with Crippen molar-refractivity contribution in [1.82, 2.24) is 30.2 Å². The van der Waals surface area contributed by atoms with Gasteiger partial charge in [0, 0.05) is 13.1 Å². The molecule has 2 aromatic heterocycles. The smallest absolute Gasteiger partial charge is 0.200 e. The van der Waals surface area contributed by atoms with E-state index in [0.717, 1.165) is 18.9 Å². The van der Waals surface area contributed by atoms with Crippen molar-refractivity contribution in [3.05, 3.63) is 47.5 Å². The number of benzene rings is 1. The fourth-order valence-electron chi connectivity index (χ4n) is 3.00. The molecule has 24 heavy (non-hydrogen) atoms. The lowest BCUT2D eigenvalue weighted by Gasteiger charge is -2.17. The summed E-state index contributed by atoms with van der Waals surface area (Å²) in [5.74, 6) is 0.765. The van der Waals surface area contributed by atoms with E-state index in [2.05, 4.69) is 55.1 Å². The van der Waals surface area contributed by atoms with Gasteiger partial charge in [0.2, 0.25) is 0 Å². The number of likely N-dealkylation sites (tertiary alicyclic amines) is 1. The number of nitrogens with one attached hydrogen (secondary N) is 1. The van der Waals surface area contributed by atoms with Crippen molar-refractivity contribution in [1.29, 1.82) is 0 Å². The molecular weight excluding hydrogens is 326 g/mol. The van der Waals surface area contributed by atoms with Crippen molar-refractivity contribution < 1.29 is 0 Å². The number of hydrogen-bond donors (Lipinski definition) is 1. The molecule has 0 atom stereocenters. The predicted octanol–water partition coefficient (Wildman–Crippen LogP) is 2.15. The summed E-state index contributed by atoms with van der Waals surface area (Å²) < 4.78 is 1.43. The fraction of sp³-hybridized carbons (Fsp3) is 0.375. The van der Waals surface area contributed by atoms with Gasteiger partial charge in [-0.05, 0) is 59.6 Å². The van der Waals surface area contributed by atoms with E-state index in [1.165, 1.54) is 41.7 Å². The molecule has 3 heterocycles. The van der Waals surface area contributed by atoms with Gasteiger partial charge in [-0.3, -0.25) is 4.90 Å². The van der Waals surface area contributed by atoms with Gasteiger partial charge in [-0.15, -0.1) is 27.2 Å². The van der Waals surface area contributed by atoms with Crippen LogP contribution in [0.25, 0.3) is 5.65 Å². The molecule has 0 aliphatic carbocycles. The monoisotopic (exact) mass is 345 g/mol. The van der Waals surface area contributed by atoms with Crippen LogP contribution >= 0.6 is 12.4 Å². The minimum Gasteiger partial charge on any atom is -0.364 e. The van der Waals surface area contributed by atoms with Crippen LogP contribution in [0.4, 0.5) is 5.82 Å². The summed E-state index contributed by atoms with van der Waals surface area (Å²) in [5, 5.41) is 19.0. The van der Waals surface area contributed by atoms with Crippen LogP contribution in [0.15, 0.2) is 36.4 Å². The molecule has 1 fully saturated rings. The van der Waals surface area contributed by atoms with Crippen LogP contribution in [0.1, 0.15) is 24.0 Å². The molecule has 8 heteroatoms. The normalized spacial score (nSPS) is 14.7. The van der Waals surface area contributed by atoms with Gasteiger partial charge < -0.3 is 5.32 Å². The first-order valence-electron chi connectivity index (χ1n) is 7.97. The van der Waals surface area contributed by atoms with E-state index in [0.29, 0.717) is 5.65 Å². The Bertz CT molecular complexity index is 798. The number of fused-ring (bicyclic) bond motifs is 1. The maximum atomic E-state index is 4.34. The summed E-state index contributed by atoms with van der Waals surface area (Å²) in [5.41, 5.74) is 3.33. The zero-order valence-electron chi connectivity index (χ0n) is 13.3. The number of halogens is 1. The number of hydrogen-bond acceptors (Lipinski definition) is 6. The van der Waals surface area contributed by atoms with Gasteiger partial charge in [0.25, 0.3) is 0 Å². The summed E-state index contributed by atoms with van der Waals surface area (Å²) in [4.78, 5) is 2.52. The largest absolute Gasteiger partial charge is 0.364 e. The van der Waals surface area contributed by atoms with Crippen molar-refractivity contribution in [3.63, 3.8) is 0 Å². The highest BCUT2D eigenvalue weighted by atomic mass is 35.5. The molecule has 4 rings (SSSR count). The van der Waals surface area contributed by atoms with Gasteiger partial charge in [-0.25, -0.2) is 0 Å². The second kappa shape index (κ2) is 7.55. The summed E-state index contributed by atoms with van der Waals surface area (Å²) in [6, 6.07) is 12.3. The lowest BCUT2D eigenvalue weighted by molar-refractivity contribution is 0.330. The first-order valence-corrected chi connectivity index (χ1v) is 7.97. The van der Waals surface area contributed by atoms with Gasteiger partial charge in [-0.1, -0.05) is 24.3 Å². The average molecular weight is 346 g/mol. The topological polar surface area (TPSA) is 71.2 Å². The minimum absolute atomic E-state index is 0. The number of tetrazole rings is 1. The molecule has 3 aromatic rings. The molecule has 0 spiro atoms. The predicted molar refractivity (Wildman–Crippen MR) is 94.1 cm³/mol. The van der Waals surface area contributed by atoms with Crippen LogP contribution in [0.2, 0.25) is 0 Å². The molecule has 1 N–H and O–H groups in total. The molecule has 0 unspecified atom stereocenters. The van der Waals surface area contributed by atoms with Crippen molar-refractivity contribution in [2.24, 2.45) is 0 Å². The Morgan fingerprint density at radius 2 is 1.79 bits per heavy atom. The van der Waals surface area contributed by atoms with Crippen LogP contribution in [0.5, 0.6) is 0 Å². The van der Waals surface area contributed by atoms with Crippen molar-refractivity contribution in [2.75, 3.05) is 18.4 Å². The molecular formula is C16H20ClN7. The molecule has 0 radical (unpaired) electrons. The van der Waals surface area contributed by atoms with E-state index in [1.807, 2.05) is 12.1 Å². The van der Waals surface area contributed by atoms with Crippen molar-refractivity contribution in [2.45, 2.75) is 25.9 Å². The third kappa shape index (κ3) is 3.63. The molecule has 1 saturated heterocycles. The van der Waals surface area contributed by atoms with Gasteiger partial charge >= 0.3 is 0 Å². The summed E-state index contributed by atoms with van der Waals surface area (Å²) in [6.45, 7) is 4.18. The summed E-state index contributed by atoms with van der Waals surface area (Å²) in [7, 11) is 0. The standard InChI is InChI=1S/C16H19N7.ClH/c1-2-6-14(12-22-9-3-4-10-22)13(5-1)11-17-15-7-8-16-18-20-21-23(16)19-15;/h1-2,5-8H,3-4,9-12H2,(H,17,19);1H. The van der Waals surface area contributed by atoms with E-state index in [-0.39, 0.29) is 12.4 Å².